The third-order valence-corrected chi connectivity index (χ3v) is 2.58. The first-order valence-corrected chi connectivity index (χ1v) is 5.31. The number of hydrogen-bond acceptors (Lipinski definition) is 4. The molecular weight excluding hydrogens is 222 g/mol. The van der Waals surface area contributed by atoms with Crippen LogP contribution in [0.15, 0.2) is 29.0 Å². The van der Waals surface area contributed by atoms with E-state index in [1.54, 1.807) is 11.1 Å². The fourth-order valence-corrected chi connectivity index (χ4v) is 1.70. The molecule has 0 spiro atoms. The zero-order valence-electron chi connectivity index (χ0n) is 9.46. The van der Waals surface area contributed by atoms with Crippen molar-refractivity contribution in [1.82, 2.24) is 9.91 Å². The van der Waals surface area contributed by atoms with Crippen molar-refractivity contribution >= 4 is 17.7 Å². The number of carbonyl (C=O) groups excluding carboxylic acids is 1. The van der Waals surface area contributed by atoms with E-state index in [1.807, 2.05) is 19.1 Å². The first-order valence-electron chi connectivity index (χ1n) is 5.31. The smallest absolute Gasteiger partial charge is 0.305 e. The van der Waals surface area contributed by atoms with Gasteiger partial charge in [0.2, 0.25) is 0 Å². The van der Waals surface area contributed by atoms with Gasteiger partial charge in [0.25, 0.3) is 5.91 Å². The number of rotatable bonds is 3. The van der Waals surface area contributed by atoms with E-state index in [0.717, 1.165) is 5.57 Å². The van der Waals surface area contributed by atoms with Crippen LogP contribution < -0.4 is 0 Å². The molecule has 2 aliphatic heterocycles. The molecular formula is C11H13N3O3. The number of carboxylic acids is 1. The summed E-state index contributed by atoms with van der Waals surface area (Å²) >= 11 is 0. The molecule has 0 aromatic rings. The van der Waals surface area contributed by atoms with Gasteiger partial charge in [0.15, 0.2) is 5.84 Å². The number of aliphatic carboxylic acids is 1. The minimum Gasteiger partial charge on any atom is -0.481 e. The Morgan fingerprint density at radius 2 is 2.35 bits per heavy atom. The zero-order chi connectivity index (χ0) is 12.4. The standard InChI is InChI=1S/C11H13N3O3/c1-8-3-2-5-13-7-9(15)14(12-11(8)13)6-4-10(16)17/h2-3,5H,4,6-7H2,1H3,(H,16,17). The van der Waals surface area contributed by atoms with E-state index in [1.165, 1.54) is 5.01 Å². The van der Waals surface area contributed by atoms with Crippen molar-refractivity contribution in [2.45, 2.75) is 13.3 Å². The molecule has 0 radical (unpaired) electrons. The molecule has 0 fully saturated rings. The third kappa shape index (κ3) is 2.35. The Morgan fingerprint density at radius 1 is 1.59 bits per heavy atom. The van der Waals surface area contributed by atoms with Crippen molar-refractivity contribution < 1.29 is 14.7 Å². The molecule has 17 heavy (non-hydrogen) atoms. The van der Waals surface area contributed by atoms with E-state index in [0.29, 0.717) is 5.84 Å². The zero-order valence-corrected chi connectivity index (χ0v) is 9.46. The Hall–Kier alpha value is -2.11. The van der Waals surface area contributed by atoms with Gasteiger partial charge in [-0.05, 0) is 18.6 Å². The molecule has 2 aliphatic rings. The van der Waals surface area contributed by atoms with Crippen LogP contribution in [0.3, 0.4) is 0 Å². The highest BCUT2D eigenvalue weighted by atomic mass is 16.4. The van der Waals surface area contributed by atoms with Crippen LogP contribution in [0.1, 0.15) is 13.3 Å². The van der Waals surface area contributed by atoms with Crippen LogP contribution in [0.2, 0.25) is 0 Å². The van der Waals surface area contributed by atoms with Crippen LogP contribution in [0, 0.1) is 0 Å². The van der Waals surface area contributed by atoms with Gasteiger partial charge < -0.3 is 10.0 Å². The van der Waals surface area contributed by atoms with E-state index >= 15 is 0 Å². The number of hydrogen-bond donors (Lipinski definition) is 1. The molecule has 90 valence electrons. The number of amidine groups is 1. The maximum absolute atomic E-state index is 11.7. The molecule has 0 saturated heterocycles. The predicted octanol–water partition coefficient (Wildman–Crippen LogP) is 0.392. The minimum atomic E-state index is -0.934. The van der Waals surface area contributed by atoms with Crippen LogP contribution in [0.25, 0.3) is 0 Å². The number of amides is 1. The van der Waals surface area contributed by atoms with Crippen molar-refractivity contribution in [1.29, 1.82) is 0 Å². The fourth-order valence-electron chi connectivity index (χ4n) is 1.70. The summed E-state index contributed by atoms with van der Waals surface area (Å²) in [6, 6.07) is 0. The Balaban J connectivity index is 2.17. The van der Waals surface area contributed by atoms with Gasteiger partial charge in [-0.3, -0.25) is 9.59 Å². The van der Waals surface area contributed by atoms with Crippen molar-refractivity contribution in [3.63, 3.8) is 0 Å². The van der Waals surface area contributed by atoms with E-state index in [9.17, 15) is 9.59 Å². The van der Waals surface area contributed by atoms with Gasteiger partial charge in [0.05, 0.1) is 13.0 Å². The van der Waals surface area contributed by atoms with Gasteiger partial charge in [-0.25, -0.2) is 5.01 Å². The van der Waals surface area contributed by atoms with Crippen LogP contribution in [-0.4, -0.2) is 45.8 Å². The van der Waals surface area contributed by atoms with Gasteiger partial charge >= 0.3 is 5.97 Å². The molecule has 0 aliphatic carbocycles. The number of hydrazone groups is 1. The molecule has 2 heterocycles. The van der Waals surface area contributed by atoms with Crippen molar-refractivity contribution in [2.24, 2.45) is 5.10 Å². The lowest BCUT2D eigenvalue weighted by Gasteiger charge is -2.32. The number of nitrogens with zero attached hydrogens (tertiary/aromatic N) is 3. The second-order valence-electron chi connectivity index (χ2n) is 3.90. The lowest BCUT2D eigenvalue weighted by atomic mass is 10.2. The van der Waals surface area contributed by atoms with Gasteiger partial charge in [-0.15, -0.1) is 0 Å². The topological polar surface area (TPSA) is 73.2 Å². The molecule has 6 nitrogen and oxygen atoms in total. The summed E-state index contributed by atoms with van der Waals surface area (Å²) in [5.74, 6) is -0.414. The second-order valence-corrected chi connectivity index (χ2v) is 3.90. The summed E-state index contributed by atoms with van der Waals surface area (Å²) in [6.07, 6.45) is 5.45. The largest absolute Gasteiger partial charge is 0.481 e. The van der Waals surface area contributed by atoms with Gasteiger partial charge in [-0.2, -0.15) is 5.10 Å². The van der Waals surface area contributed by atoms with Crippen molar-refractivity contribution in [3.05, 3.63) is 23.9 Å². The van der Waals surface area contributed by atoms with Crippen LogP contribution in [0.5, 0.6) is 0 Å². The first kappa shape index (κ1) is 11.4. The van der Waals surface area contributed by atoms with E-state index in [2.05, 4.69) is 5.10 Å². The Kier molecular flexibility index (Phi) is 2.95. The highest BCUT2D eigenvalue weighted by Gasteiger charge is 2.27. The molecule has 2 rings (SSSR count). The fraction of sp³-hybridized carbons (Fsp3) is 0.364. The molecule has 0 bridgehead atoms. The highest BCUT2D eigenvalue weighted by molar-refractivity contribution is 6.03. The molecule has 1 amide bonds. The van der Waals surface area contributed by atoms with E-state index < -0.39 is 5.97 Å². The summed E-state index contributed by atoms with van der Waals surface area (Å²) in [4.78, 5) is 23.9. The van der Waals surface area contributed by atoms with Crippen LogP contribution in [-0.2, 0) is 9.59 Å². The van der Waals surface area contributed by atoms with Gasteiger partial charge in [0, 0.05) is 6.20 Å². The SMILES string of the molecule is CC1=CC=CN2CC(=O)N(CCC(=O)O)N=C12. The second kappa shape index (κ2) is 4.40. The summed E-state index contributed by atoms with van der Waals surface area (Å²) in [7, 11) is 0. The molecule has 1 N–H and O–H groups in total. The first-order chi connectivity index (χ1) is 8.08. The summed E-state index contributed by atoms with van der Waals surface area (Å²) in [5.41, 5.74) is 0.959. The minimum absolute atomic E-state index is 0.0961. The number of allylic oxidation sites excluding steroid dienone is 2. The number of carboxylic acid groups (broad SMARTS) is 1. The van der Waals surface area contributed by atoms with E-state index in [-0.39, 0.29) is 25.4 Å². The monoisotopic (exact) mass is 235 g/mol. The van der Waals surface area contributed by atoms with E-state index in [4.69, 9.17) is 5.11 Å². The lowest BCUT2D eigenvalue weighted by molar-refractivity contribution is -0.138. The molecule has 0 atom stereocenters. The number of carbonyl (C=O) groups is 2. The Morgan fingerprint density at radius 3 is 3.06 bits per heavy atom. The van der Waals surface area contributed by atoms with Crippen molar-refractivity contribution in [2.75, 3.05) is 13.1 Å². The van der Waals surface area contributed by atoms with Crippen molar-refractivity contribution in [3.8, 4) is 0 Å². The quantitative estimate of drug-likeness (QED) is 0.768. The third-order valence-electron chi connectivity index (χ3n) is 2.58. The maximum Gasteiger partial charge on any atom is 0.305 e. The Bertz CT molecular complexity index is 451. The molecule has 0 aromatic carbocycles. The molecule has 0 unspecified atom stereocenters. The number of fused-ring (bicyclic) bond motifs is 1. The summed E-state index contributed by atoms with van der Waals surface area (Å²) < 4.78 is 0. The average molecular weight is 235 g/mol. The summed E-state index contributed by atoms with van der Waals surface area (Å²) in [5, 5.41) is 14.0. The lowest BCUT2D eigenvalue weighted by Crippen LogP contribution is -2.46. The molecule has 0 aromatic heterocycles. The predicted molar refractivity (Wildman–Crippen MR) is 61.0 cm³/mol. The summed E-state index contributed by atoms with van der Waals surface area (Å²) in [6.45, 7) is 2.23. The maximum atomic E-state index is 11.7. The molecule has 0 saturated carbocycles. The highest BCUT2D eigenvalue weighted by Crippen LogP contribution is 2.16. The van der Waals surface area contributed by atoms with Crippen LogP contribution >= 0.6 is 0 Å². The molecule has 6 heteroatoms. The normalized spacial score (nSPS) is 18.8. The van der Waals surface area contributed by atoms with Gasteiger partial charge in [-0.1, -0.05) is 6.08 Å². The average Bonchev–Trinajstić information content (AvgIpc) is 2.27. The Labute approximate surface area is 98.5 Å². The van der Waals surface area contributed by atoms with Gasteiger partial charge in [0.1, 0.15) is 6.54 Å². The van der Waals surface area contributed by atoms with Crippen LogP contribution in [0.4, 0.5) is 0 Å².